The average Bonchev–Trinajstić information content (AvgIpc) is 1.62. The lowest BCUT2D eigenvalue weighted by molar-refractivity contribution is -0.385. The first-order valence-electron chi connectivity index (χ1n) is 28.5. The Morgan fingerprint density at radius 1 is 0.448 bits per heavy atom. The normalized spacial score (nSPS) is 14.0. The summed E-state index contributed by atoms with van der Waals surface area (Å²) in [6.45, 7) is 0.951. The van der Waals surface area contributed by atoms with E-state index < -0.39 is 56.1 Å². The maximum atomic E-state index is 14.5. The first-order valence-corrected chi connectivity index (χ1v) is 55.1. The standard InChI is InChI=1S/C26H20F3N3O4.C19H17F3N2.C13H8N2O7.CH4.S12.S10/c27-17-3-1-15(2-4-17)24-23(21-11-18(28)12-22(29)25(21)31-24)16-9-14(10-16)13-30-26(33)36-20-7-5-19(6-8-20)32(34)35;20-13-3-1-11(2-4-13)18-17(12-5-10(6-12)9-23)15-7-14(21)8-16(22)19(15)24-18;16-13(21-11-5-1-9(2-6-11)14(17)18)22-12-7-3-10(4-8-12)15(19)20;;1-3-5-7-9-11-12-10-8-6-4-2;1-3-5-7-9-10-8-6-4-2/h1-8,11-12,14,16,31H,9-10,13H2,(H,30,33);1-4,7-8,10,12,24H,5-6,9,23H2;1-8H;1H4;;. The first kappa shape index (κ1) is 88.6. The van der Waals surface area contributed by atoms with Crippen LogP contribution in [0.3, 0.4) is 0 Å². The minimum atomic E-state index is -1.07. The third-order valence-corrected chi connectivity index (χ3v) is 49.9. The molecule has 7 aromatic carbocycles. The monoisotopic (exact) mass is 1850 g/mol. The summed E-state index contributed by atoms with van der Waals surface area (Å²) >= 11 is 18.7. The molecule has 2 aliphatic rings. The molecule has 0 radical (unpaired) electrons. The van der Waals surface area contributed by atoms with Gasteiger partial charge in [-0.1, -0.05) is 7.43 Å². The van der Waals surface area contributed by atoms with E-state index in [1.54, 1.807) is 149 Å². The first-order chi connectivity index (χ1) is 50.1. The molecule has 0 aliphatic heterocycles. The van der Waals surface area contributed by atoms with E-state index in [-0.39, 0.29) is 70.8 Å². The summed E-state index contributed by atoms with van der Waals surface area (Å²) in [5.41, 5.74) is 10.2. The number of carbonyl (C=O) groups excluding carboxylic acids is 2. The van der Waals surface area contributed by atoms with Crippen LogP contribution in [0.5, 0.6) is 17.2 Å². The number of aromatic amines is 2. The zero-order valence-corrected chi connectivity index (χ0v) is 69.5. The number of aromatic nitrogens is 2. The molecule has 105 heavy (non-hydrogen) atoms. The molecule has 2 fully saturated rings. The van der Waals surface area contributed by atoms with Crippen LogP contribution in [0, 0.1) is 77.1 Å². The van der Waals surface area contributed by atoms with Crippen LogP contribution >= 0.6 is 0 Å². The van der Waals surface area contributed by atoms with Crippen LogP contribution in [0.25, 0.3) is 44.3 Å². The molecular weight excluding hydrogens is 1800 g/mol. The van der Waals surface area contributed by atoms with Crippen LogP contribution in [0.15, 0.2) is 146 Å². The number of nitrogens with one attached hydrogen (secondary N) is 3. The number of nitrogens with two attached hydrogens (primary N) is 1. The van der Waals surface area contributed by atoms with Gasteiger partial charge in [0.1, 0.15) is 52.2 Å². The average molecular weight is 1850 g/mol. The third-order valence-electron chi connectivity index (χ3n) is 14.4. The molecule has 11 rings (SSSR count). The van der Waals surface area contributed by atoms with Gasteiger partial charge < -0.3 is 35.2 Å². The van der Waals surface area contributed by atoms with E-state index in [9.17, 15) is 66.3 Å². The number of fused-ring (bicyclic) bond motifs is 2. The second-order valence-corrected chi connectivity index (χ2v) is 52.3. The smallest absolute Gasteiger partial charge is 0.410 e. The minimum absolute atomic E-state index is 0. The Hall–Kier alpha value is -5.26. The Morgan fingerprint density at radius 2 is 0.752 bits per heavy atom. The fourth-order valence-corrected chi connectivity index (χ4v) is 48.4. The van der Waals surface area contributed by atoms with Crippen molar-refractivity contribution in [2.24, 2.45) is 17.6 Å². The molecule has 0 bridgehead atoms. The van der Waals surface area contributed by atoms with Crippen LogP contribution in [-0.2, 0) is 205 Å². The Bertz CT molecular complexity index is 5390. The summed E-state index contributed by atoms with van der Waals surface area (Å²) in [6.07, 6.45) is 1.37. The lowest BCUT2D eigenvalue weighted by atomic mass is 9.70. The van der Waals surface area contributed by atoms with E-state index in [2.05, 4.69) is 60.0 Å². The van der Waals surface area contributed by atoms with Gasteiger partial charge in [-0.2, -0.15) is 0 Å². The molecule has 2 saturated carbocycles. The number of hydrogen-bond acceptors (Lipinski definition) is 16. The van der Waals surface area contributed by atoms with Crippen molar-refractivity contribution in [1.82, 2.24) is 15.3 Å². The Morgan fingerprint density at radius 3 is 1.06 bits per heavy atom. The van der Waals surface area contributed by atoms with Gasteiger partial charge in [-0.15, -0.1) is 0 Å². The highest BCUT2D eigenvalue weighted by molar-refractivity contribution is 8.75. The molecule has 2 aromatic heterocycles. The Kier molecular flexibility index (Phi) is 39.6. The summed E-state index contributed by atoms with van der Waals surface area (Å²) in [5.74, 6) is -2.27. The van der Waals surface area contributed by atoms with Crippen molar-refractivity contribution < 1.29 is 64.9 Å². The number of ether oxygens (including phenoxy) is 3. The van der Waals surface area contributed by atoms with Crippen LogP contribution in [0.4, 0.5) is 53.0 Å². The predicted molar refractivity (Wildman–Crippen MR) is 456 cm³/mol. The van der Waals surface area contributed by atoms with E-state index in [0.29, 0.717) is 59.4 Å². The fourth-order valence-electron chi connectivity index (χ4n) is 9.97. The fraction of sp³-hybridized carbons (Fsp3) is 0.186. The maximum Gasteiger partial charge on any atom is 0.519 e. The van der Waals surface area contributed by atoms with Crippen LogP contribution in [-0.4, -0.2) is 50.1 Å². The SMILES string of the molecule is C.NCC1CC(c2c(-c3ccc(F)cc3)[nH]c3c(F)cc(F)cc23)C1.O=C(NCC1CC(c2c(-c3ccc(F)cc3)[nH]c3c(F)cc(F)cc23)C1)Oc1ccc([N+](=O)[O-])cc1.O=C(Oc1ccc([N+](=O)[O-])cc1)Oc1ccc([N+](=O)[O-])cc1.S=S=S=S=S=S=S=S=S=S.S=S=S=S=S=S=S=S=S=S=S=S. The van der Waals surface area contributed by atoms with Gasteiger partial charge in [-0.3, -0.25) is 30.3 Å². The maximum absolute atomic E-state index is 14.5. The van der Waals surface area contributed by atoms with Crippen molar-refractivity contribution >= 4 is 256 Å². The number of nitro benzene ring substituents is 3. The topological polar surface area (TPSA) is 261 Å². The number of nitrogens with zero attached hydrogens (tertiary/aromatic N) is 3. The second-order valence-electron chi connectivity index (χ2n) is 20.5. The van der Waals surface area contributed by atoms with E-state index in [1.165, 1.54) is 145 Å². The van der Waals surface area contributed by atoms with Gasteiger partial charge in [0.15, 0.2) is 0 Å². The predicted octanol–water partition coefficient (Wildman–Crippen LogP) is 14.8. The number of rotatable bonds is 13. The molecule has 0 atom stereocenters. The molecular formula is C59H49F6N7O11S22. The number of carbonyl (C=O) groups is 2. The molecule has 5 N–H and O–H groups in total. The summed E-state index contributed by atoms with van der Waals surface area (Å²) < 4.78 is 98.0. The van der Waals surface area contributed by atoms with Crippen molar-refractivity contribution in [3.63, 3.8) is 0 Å². The van der Waals surface area contributed by atoms with Crippen molar-refractivity contribution in [3.8, 4) is 39.8 Å². The molecule has 9 aromatic rings. The lowest BCUT2D eigenvalue weighted by Gasteiger charge is -2.36. The lowest BCUT2D eigenvalue weighted by Crippen LogP contribution is -2.36. The number of benzene rings is 7. The van der Waals surface area contributed by atoms with Gasteiger partial charge >= 0.3 is 12.2 Å². The number of hydrogen-bond donors (Lipinski definition) is 4. The minimum Gasteiger partial charge on any atom is -0.410 e. The molecule has 2 aliphatic carbocycles. The van der Waals surface area contributed by atoms with Gasteiger partial charge in [0, 0.05) is 270 Å². The highest BCUT2D eigenvalue weighted by atomic mass is 33.5. The molecule has 0 unspecified atom stereocenters. The van der Waals surface area contributed by atoms with Gasteiger partial charge in [-0.05, 0) is 175 Å². The van der Waals surface area contributed by atoms with E-state index in [0.717, 1.165) is 47.4 Å². The Labute approximate surface area is 665 Å². The summed E-state index contributed by atoms with van der Waals surface area (Å²) in [7, 11) is 29.0. The Balaban J connectivity index is 0.000000220. The summed E-state index contributed by atoms with van der Waals surface area (Å²) in [5, 5.41) is 35.4. The van der Waals surface area contributed by atoms with Gasteiger partial charge in [0.05, 0.1) is 37.2 Å². The van der Waals surface area contributed by atoms with E-state index >= 15 is 0 Å². The third kappa shape index (κ3) is 28.6. The quantitative estimate of drug-likeness (QED) is 0.0275. The van der Waals surface area contributed by atoms with Crippen molar-refractivity contribution in [3.05, 3.63) is 222 Å². The molecule has 0 spiro atoms. The second kappa shape index (κ2) is 47.0. The molecule has 2 heterocycles. The number of amides is 1. The van der Waals surface area contributed by atoms with Crippen LogP contribution < -0.4 is 25.3 Å². The van der Waals surface area contributed by atoms with Gasteiger partial charge in [-0.25, -0.2) is 35.9 Å². The molecule has 1 amide bonds. The summed E-state index contributed by atoms with van der Waals surface area (Å²) in [6, 6.07) is 31.0. The zero-order valence-electron chi connectivity index (χ0n) is 51.6. The van der Waals surface area contributed by atoms with Crippen molar-refractivity contribution in [2.75, 3.05) is 13.1 Å². The van der Waals surface area contributed by atoms with E-state index in [4.69, 9.17) is 19.9 Å². The molecule has 46 heteroatoms. The van der Waals surface area contributed by atoms with Gasteiger partial charge in [0.25, 0.3) is 17.1 Å². The van der Waals surface area contributed by atoms with Crippen LogP contribution in [0.1, 0.15) is 56.1 Å². The number of halogens is 6. The molecule has 560 valence electrons. The zero-order chi connectivity index (χ0) is 75.1. The largest absolute Gasteiger partial charge is 0.519 e. The van der Waals surface area contributed by atoms with Crippen molar-refractivity contribution in [1.29, 1.82) is 0 Å². The van der Waals surface area contributed by atoms with Gasteiger partial charge in [0.2, 0.25) is 0 Å². The molecule has 18 nitrogen and oxygen atoms in total. The highest BCUT2D eigenvalue weighted by Gasteiger charge is 2.36. The van der Waals surface area contributed by atoms with Crippen LogP contribution in [0.2, 0.25) is 0 Å². The molecule has 0 saturated heterocycles. The van der Waals surface area contributed by atoms with E-state index in [1.807, 2.05) is 0 Å². The number of non-ortho nitro benzene ring substituents is 3. The number of nitro groups is 3. The number of H-pyrrole nitrogens is 2. The highest BCUT2D eigenvalue weighted by Crippen LogP contribution is 2.50. The van der Waals surface area contributed by atoms with Crippen molar-refractivity contribution in [2.45, 2.75) is 44.9 Å². The summed E-state index contributed by atoms with van der Waals surface area (Å²) in [4.78, 5) is 59.7.